The lowest BCUT2D eigenvalue weighted by Gasteiger charge is -2.51. The van der Waals surface area contributed by atoms with Gasteiger partial charge in [0.15, 0.2) is 0 Å². The van der Waals surface area contributed by atoms with Gasteiger partial charge in [0, 0.05) is 32.2 Å². The van der Waals surface area contributed by atoms with Crippen LogP contribution in [0.5, 0.6) is 0 Å². The third-order valence-corrected chi connectivity index (χ3v) is 6.04. The molecule has 3 atom stereocenters. The van der Waals surface area contributed by atoms with Crippen LogP contribution in [0.2, 0.25) is 10.0 Å². The molecule has 0 spiro atoms. The summed E-state index contributed by atoms with van der Waals surface area (Å²) in [4.78, 5) is 0. The first-order valence-corrected chi connectivity index (χ1v) is 8.05. The van der Waals surface area contributed by atoms with Gasteiger partial charge in [0.2, 0.25) is 0 Å². The Morgan fingerprint density at radius 1 is 1.29 bits per heavy atom. The molecule has 0 amide bonds. The van der Waals surface area contributed by atoms with Crippen molar-refractivity contribution in [2.45, 2.75) is 36.3 Å². The zero-order valence-electron chi connectivity index (χ0n) is 12.4. The molecule has 1 aliphatic carbocycles. The number of methoxy groups -OCH3 is 2. The highest BCUT2D eigenvalue weighted by Gasteiger charge is 2.59. The topological polar surface area (TPSA) is 30.5 Å². The summed E-state index contributed by atoms with van der Waals surface area (Å²) < 4.78 is 11.5. The lowest BCUT2D eigenvalue weighted by molar-refractivity contribution is -0.124. The summed E-state index contributed by atoms with van der Waals surface area (Å²) in [6, 6.07) is 6.52. The normalized spacial score (nSPS) is 35.1. The van der Waals surface area contributed by atoms with Gasteiger partial charge in [-0.1, -0.05) is 29.3 Å². The maximum Gasteiger partial charge on any atom is 0.113 e. The van der Waals surface area contributed by atoms with Crippen molar-refractivity contribution in [1.82, 2.24) is 5.32 Å². The number of halogens is 2. The van der Waals surface area contributed by atoms with Crippen molar-refractivity contribution in [3.63, 3.8) is 0 Å². The molecule has 21 heavy (non-hydrogen) atoms. The molecular formula is C16H21Cl2NO2. The van der Waals surface area contributed by atoms with E-state index in [0.717, 1.165) is 25.8 Å². The lowest BCUT2D eigenvalue weighted by atomic mass is 9.64. The summed E-state index contributed by atoms with van der Waals surface area (Å²) in [5.41, 5.74) is 0.771. The standard InChI is InChI=1S/C16H21Cl2NO2/c1-20-10-16(21-2)9-19-12-5-6-15(16,8-12)11-3-4-13(17)14(18)7-11/h3-4,7,12,19H,5-6,8-10H2,1-2H3/t12-,15-,16-/m0/s1. The number of benzene rings is 1. The fourth-order valence-electron chi connectivity index (χ4n) is 4.18. The molecule has 1 aromatic rings. The van der Waals surface area contributed by atoms with Gasteiger partial charge in [-0.3, -0.25) is 0 Å². The molecule has 116 valence electrons. The van der Waals surface area contributed by atoms with Crippen LogP contribution in [0.3, 0.4) is 0 Å². The number of rotatable bonds is 4. The maximum atomic E-state index is 6.26. The fraction of sp³-hybridized carbons (Fsp3) is 0.625. The second-order valence-corrected chi connectivity index (χ2v) is 6.98. The summed E-state index contributed by atoms with van der Waals surface area (Å²) in [5.74, 6) is 0. The minimum Gasteiger partial charge on any atom is -0.382 e. The van der Waals surface area contributed by atoms with E-state index in [4.69, 9.17) is 32.7 Å². The second-order valence-electron chi connectivity index (χ2n) is 6.16. The van der Waals surface area contributed by atoms with Crippen LogP contribution >= 0.6 is 23.2 Å². The Kier molecular flexibility index (Phi) is 4.23. The van der Waals surface area contributed by atoms with E-state index in [9.17, 15) is 0 Å². The minimum atomic E-state index is -0.369. The summed E-state index contributed by atoms with van der Waals surface area (Å²) in [7, 11) is 3.50. The molecule has 2 fully saturated rings. The molecule has 2 bridgehead atoms. The molecule has 1 heterocycles. The van der Waals surface area contributed by atoms with Crippen molar-refractivity contribution < 1.29 is 9.47 Å². The Morgan fingerprint density at radius 2 is 2.10 bits per heavy atom. The highest BCUT2D eigenvalue weighted by molar-refractivity contribution is 6.42. The number of ether oxygens (including phenoxy) is 2. The van der Waals surface area contributed by atoms with E-state index < -0.39 is 0 Å². The Morgan fingerprint density at radius 3 is 2.76 bits per heavy atom. The van der Waals surface area contributed by atoms with E-state index in [0.29, 0.717) is 22.7 Å². The smallest absolute Gasteiger partial charge is 0.113 e. The summed E-state index contributed by atoms with van der Waals surface area (Å²) in [5, 5.41) is 4.79. The Bertz CT molecular complexity index is 539. The monoisotopic (exact) mass is 329 g/mol. The van der Waals surface area contributed by atoms with Gasteiger partial charge in [0.05, 0.1) is 16.7 Å². The van der Waals surface area contributed by atoms with Crippen LogP contribution in [0.1, 0.15) is 24.8 Å². The SMILES string of the molecule is COC[C@@]1(OC)CN[C@H]2CC[C@@]1(c1ccc(Cl)c(Cl)c1)C2. The van der Waals surface area contributed by atoms with Crippen LogP contribution in [0, 0.1) is 0 Å². The molecule has 0 aromatic heterocycles. The highest BCUT2D eigenvalue weighted by atomic mass is 35.5. The Labute approximate surface area is 135 Å². The van der Waals surface area contributed by atoms with Gasteiger partial charge < -0.3 is 14.8 Å². The van der Waals surface area contributed by atoms with Crippen molar-refractivity contribution in [3.8, 4) is 0 Å². The fourth-order valence-corrected chi connectivity index (χ4v) is 4.48. The molecule has 1 saturated carbocycles. The number of hydrogen-bond donors (Lipinski definition) is 1. The van der Waals surface area contributed by atoms with Gasteiger partial charge in [-0.2, -0.15) is 0 Å². The van der Waals surface area contributed by atoms with Crippen molar-refractivity contribution in [1.29, 1.82) is 0 Å². The van der Waals surface area contributed by atoms with Crippen molar-refractivity contribution in [2.75, 3.05) is 27.4 Å². The molecule has 5 heteroatoms. The summed E-state index contributed by atoms with van der Waals surface area (Å²) in [6.45, 7) is 1.35. The summed E-state index contributed by atoms with van der Waals surface area (Å²) >= 11 is 12.3. The van der Waals surface area contributed by atoms with E-state index in [1.54, 1.807) is 14.2 Å². The predicted molar refractivity (Wildman–Crippen MR) is 85.4 cm³/mol. The largest absolute Gasteiger partial charge is 0.382 e. The first kappa shape index (κ1) is 15.6. The van der Waals surface area contributed by atoms with E-state index in [1.165, 1.54) is 5.56 Å². The molecule has 1 N–H and O–H groups in total. The third-order valence-electron chi connectivity index (χ3n) is 5.30. The van der Waals surface area contributed by atoms with E-state index in [-0.39, 0.29) is 11.0 Å². The number of piperidine rings is 1. The van der Waals surface area contributed by atoms with E-state index >= 15 is 0 Å². The van der Waals surface area contributed by atoms with Crippen molar-refractivity contribution in [2.24, 2.45) is 0 Å². The molecule has 1 aliphatic heterocycles. The Hall–Kier alpha value is -0.320. The van der Waals surface area contributed by atoms with Crippen LogP contribution in [-0.2, 0) is 14.9 Å². The molecule has 1 aromatic carbocycles. The number of nitrogens with one attached hydrogen (secondary N) is 1. The van der Waals surface area contributed by atoms with Gasteiger partial charge >= 0.3 is 0 Å². The van der Waals surface area contributed by atoms with Crippen LogP contribution in [0.4, 0.5) is 0 Å². The van der Waals surface area contributed by atoms with Gasteiger partial charge in [-0.25, -0.2) is 0 Å². The average molecular weight is 330 g/mol. The zero-order chi connectivity index (χ0) is 15.1. The number of hydrogen-bond acceptors (Lipinski definition) is 3. The first-order chi connectivity index (χ1) is 10.1. The van der Waals surface area contributed by atoms with E-state index in [1.807, 2.05) is 12.1 Å². The quantitative estimate of drug-likeness (QED) is 0.918. The predicted octanol–water partition coefficient (Wildman–Crippen LogP) is 3.42. The molecule has 3 nitrogen and oxygen atoms in total. The number of fused-ring (bicyclic) bond motifs is 2. The molecule has 2 aliphatic rings. The minimum absolute atomic E-state index is 0.0676. The van der Waals surface area contributed by atoms with E-state index in [2.05, 4.69) is 11.4 Å². The average Bonchev–Trinajstić information content (AvgIpc) is 2.86. The molecular weight excluding hydrogens is 309 g/mol. The summed E-state index contributed by atoms with van der Waals surface area (Å²) in [6.07, 6.45) is 3.26. The van der Waals surface area contributed by atoms with Crippen LogP contribution in [0.15, 0.2) is 18.2 Å². The van der Waals surface area contributed by atoms with Gasteiger partial charge in [0.25, 0.3) is 0 Å². The second kappa shape index (κ2) is 5.71. The van der Waals surface area contributed by atoms with Gasteiger partial charge in [-0.05, 0) is 37.0 Å². The zero-order valence-corrected chi connectivity index (χ0v) is 13.9. The van der Waals surface area contributed by atoms with Crippen molar-refractivity contribution in [3.05, 3.63) is 33.8 Å². The van der Waals surface area contributed by atoms with Crippen molar-refractivity contribution >= 4 is 23.2 Å². The van der Waals surface area contributed by atoms with Crippen LogP contribution < -0.4 is 5.32 Å². The van der Waals surface area contributed by atoms with Crippen LogP contribution in [0.25, 0.3) is 0 Å². The molecule has 1 saturated heterocycles. The third kappa shape index (κ3) is 2.30. The lowest BCUT2D eigenvalue weighted by Crippen LogP contribution is -2.64. The first-order valence-electron chi connectivity index (χ1n) is 7.30. The Balaban J connectivity index is 2.10. The highest BCUT2D eigenvalue weighted by Crippen LogP contribution is 2.53. The van der Waals surface area contributed by atoms with Gasteiger partial charge in [-0.15, -0.1) is 0 Å². The molecule has 3 rings (SSSR count). The molecule has 0 unspecified atom stereocenters. The molecule has 0 radical (unpaired) electrons. The maximum absolute atomic E-state index is 6.26. The van der Waals surface area contributed by atoms with Gasteiger partial charge in [0.1, 0.15) is 5.60 Å². The van der Waals surface area contributed by atoms with Crippen LogP contribution in [-0.4, -0.2) is 39.0 Å².